The molecule has 0 aromatic heterocycles. The summed E-state index contributed by atoms with van der Waals surface area (Å²) in [6.45, 7) is 5.71. The molecule has 0 aliphatic heterocycles. The van der Waals surface area contributed by atoms with E-state index in [9.17, 15) is 0 Å². The fraction of sp³-hybridized carbons (Fsp3) is 0.556. The molecule has 0 aliphatic rings. The Bertz CT molecular complexity index is 114. The highest BCUT2D eigenvalue weighted by Crippen LogP contribution is 2.02. The first-order valence-electron chi connectivity index (χ1n) is 3.63. The number of alkyl halides is 1. The lowest BCUT2D eigenvalue weighted by Gasteiger charge is -1.92. The van der Waals surface area contributed by atoms with E-state index in [1.807, 2.05) is 6.08 Å². The Hall–Kier alpha value is -0.230. The van der Waals surface area contributed by atoms with Gasteiger partial charge in [0.15, 0.2) is 0 Å². The van der Waals surface area contributed by atoms with Gasteiger partial charge in [-0.2, -0.15) is 0 Å². The van der Waals surface area contributed by atoms with Crippen molar-refractivity contribution < 1.29 is 0 Å². The second-order valence-corrected chi connectivity index (χ2v) is 2.67. The SMILES string of the molecule is C=CCCC/C=C(\C)CCl. The van der Waals surface area contributed by atoms with Gasteiger partial charge in [-0.05, 0) is 26.2 Å². The molecule has 0 nitrogen and oxygen atoms in total. The largest absolute Gasteiger partial charge is 0.122 e. The van der Waals surface area contributed by atoms with Crippen LogP contribution >= 0.6 is 11.6 Å². The average molecular weight is 159 g/mol. The normalized spacial score (nSPS) is 11.6. The highest BCUT2D eigenvalue weighted by atomic mass is 35.5. The third kappa shape index (κ3) is 5.90. The predicted molar refractivity (Wildman–Crippen MR) is 48.5 cm³/mol. The van der Waals surface area contributed by atoms with Gasteiger partial charge in [0, 0.05) is 5.88 Å². The van der Waals surface area contributed by atoms with Gasteiger partial charge in [0.1, 0.15) is 0 Å². The van der Waals surface area contributed by atoms with Crippen molar-refractivity contribution in [3.63, 3.8) is 0 Å². The van der Waals surface area contributed by atoms with E-state index in [1.165, 1.54) is 12.0 Å². The van der Waals surface area contributed by atoms with Crippen LogP contribution in [-0.4, -0.2) is 5.88 Å². The van der Waals surface area contributed by atoms with Crippen LogP contribution in [0.3, 0.4) is 0 Å². The zero-order valence-corrected chi connectivity index (χ0v) is 7.32. The van der Waals surface area contributed by atoms with Crippen molar-refractivity contribution >= 4 is 11.6 Å². The van der Waals surface area contributed by atoms with E-state index < -0.39 is 0 Å². The summed E-state index contributed by atoms with van der Waals surface area (Å²) in [5.74, 6) is 0.661. The van der Waals surface area contributed by atoms with Crippen molar-refractivity contribution in [2.24, 2.45) is 0 Å². The zero-order chi connectivity index (χ0) is 7.82. The van der Waals surface area contributed by atoms with Gasteiger partial charge in [0.25, 0.3) is 0 Å². The summed E-state index contributed by atoms with van der Waals surface area (Å²) in [5, 5.41) is 0. The molecule has 0 radical (unpaired) electrons. The monoisotopic (exact) mass is 158 g/mol. The number of unbranched alkanes of at least 4 members (excludes halogenated alkanes) is 2. The lowest BCUT2D eigenvalue weighted by molar-refractivity contribution is 0.864. The summed E-state index contributed by atoms with van der Waals surface area (Å²) in [7, 11) is 0. The Balaban J connectivity index is 3.24. The molecular formula is C9H15Cl. The summed E-state index contributed by atoms with van der Waals surface area (Å²) in [6.07, 6.45) is 7.56. The Morgan fingerprint density at radius 1 is 1.50 bits per heavy atom. The van der Waals surface area contributed by atoms with E-state index in [4.69, 9.17) is 11.6 Å². The molecule has 10 heavy (non-hydrogen) atoms. The lowest BCUT2D eigenvalue weighted by Crippen LogP contribution is -1.76. The Morgan fingerprint density at radius 2 is 2.20 bits per heavy atom. The van der Waals surface area contributed by atoms with E-state index in [0.717, 1.165) is 12.8 Å². The topological polar surface area (TPSA) is 0 Å². The van der Waals surface area contributed by atoms with Gasteiger partial charge in [0.05, 0.1) is 0 Å². The summed E-state index contributed by atoms with van der Waals surface area (Å²) < 4.78 is 0. The molecule has 1 heteroatoms. The summed E-state index contributed by atoms with van der Waals surface area (Å²) in [5.41, 5.74) is 1.27. The molecule has 58 valence electrons. The molecular weight excluding hydrogens is 144 g/mol. The minimum absolute atomic E-state index is 0.661. The van der Waals surface area contributed by atoms with Crippen molar-refractivity contribution in [1.82, 2.24) is 0 Å². The van der Waals surface area contributed by atoms with Gasteiger partial charge >= 0.3 is 0 Å². The summed E-state index contributed by atoms with van der Waals surface area (Å²) in [6, 6.07) is 0. The second kappa shape index (κ2) is 6.88. The minimum Gasteiger partial charge on any atom is -0.122 e. The van der Waals surface area contributed by atoms with Crippen LogP contribution in [0.4, 0.5) is 0 Å². The molecule has 0 saturated heterocycles. The van der Waals surface area contributed by atoms with Crippen molar-refractivity contribution in [3.05, 3.63) is 24.3 Å². The molecule has 0 aromatic rings. The van der Waals surface area contributed by atoms with Crippen LogP contribution in [0, 0.1) is 0 Å². The van der Waals surface area contributed by atoms with E-state index in [-0.39, 0.29) is 0 Å². The van der Waals surface area contributed by atoms with Gasteiger partial charge in [-0.3, -0.25) is 0 Å². The predicted octanol–water partition coefficient (Wildman–Crippen LogP) is 3.53. The first-order chi connectivity index (χ1) is 4.81. The molecule has 0 aromatic carbocycles. The van der Waals surface area contributed by atoms with Crippen molar-refractivity contribution in [2.75, 3.05) is 5.88 Å². The number of allylic oxidation sites excluding steroid dienone is 3. The van der Waals surface area contributed by atoms with Crippen LogP contribution in [0.25, 0.3) is 0 Å². The Morgan fingerprint density at radius 3 is 2.70 bits per heavy atom. The molecule has 0 aliphatic carbocycles. The molecule has 0 bridgehead atoms. The van der Waals surface area contributed by atoms with Crippen molar-refractivity contribution in [3.8, 4) is 0 Å². The molecule has 0 saturated carbocycles. The highest BCUT2D eigenvalue weighted by Gasteiger charge is 1.84. The molecule has 0 unspecified atom stereocenters. The quantitative estimate of drug-likeness (QED) is 0.326. The fourth-order valence-corrected chi connectivity index (χ4v) is 0.774. The molecule has 0 spiro atoms. The molecule has 0 atom stereocenters. The number of halogens is 1. The van der Waals surface area contributed by atoms with Crippen LogP contribution in [-0.2, 0) is 0 Å². The second-order valence-electron chi connectivity index (χ2n) is 2.40. The van der Waals surface area contributed by atoms with E-state index in [2.05, 4.69) is 19.6 Å². The summed E-state index contributed by atoms with van der Waals surface area (Å²) >= 11 is 5.58. The fourth-order valence-electron chi connectivity index (χ4n) is 0.665. The molecule has 0 fully saturated rings. The maximum atomic E-state index is 5.58. The van der Waals surface area contributed by atoms with Gasteiger partial charge < -0.3 is 0 Å². The smallest absolute Gasteiger partial charge is 0.0430 e. The van der Waals surface area contributed by atoms with E-state index in [0.29, 0.717) is 5.88 Å². The Labute approximate surface area is 68.6 Å². The first-order valence-corrected chi connectivity index (χ1v) is 4.17. The first kappa shape index (κ1) is 9.77. The number of hydrogen-bond acceptors (Lipinski definition) is 0. The number of hydrogen-bond donors (Lipinski definition) is 0. The molecule has 0 rings (SSSR count). The van der Waals surface area contributed by atoms with Gasteiger partial charge in [-0.15, -0.1) is 18.2 Å². The number of rotatable bonds is 5. The molecule has 0 amide bonds. The maximum Gasteiger partial charge on any atom is 0.0430 e. The average Bonchev–Trinajstić information content (AvgIpc) is 1.98. The van der Waals surface area contributed by atoms with Crippen LogP contribution in [0.15, 0.2) is 24.3 Å². The summed E-state index contributed by atoms with van der Waals surface area (Å²) in [4.78, 5) is 0. The zero-order valence-electron chi connectivity index (χ0n) is 6.57. The van der Waals surface area contributed by atoms with Crippen LogP contribution in [0.5, 0.6) is 0 Å². The van der Waals surface area contributed by atoms with E-state index in [1.54, 1.807) is 0 Å². The van der Waals surface area contributed by atoms with Crippen LogP contribution in [0.2, 0.25) is 0 Å². The van der Waals surface area contributed by atoms with Crippen molar-refractivity contribution in [1.29, 1.82) is 0 Å². The minimum atomic E-state index is 0.661. The molecule has 0 heterocycles. The van der Waals surface area contributed by atoms with Gasteiger partial charge in [0.2, 0.25) is 0 Å². The Kier molecular flexibility index (Phi) is 6.73. The van der Waals surface area contributed by atoms with Gasteiger partial charge in [-0.25, -0.2) is 0 Å². The standard InChI is InChI=1S/C9H15Cl/c1-3-4-5-6-7-9(2)8-10/h3,7H,1,4-6,8H2,2H3/b9-7+. The van der Waals surface area contributed by atoms with Crippen LogP contribution in [0.1, 0.15) is 26.2 Å². The third-order valence-electron chi connectivity index (χ3n) is 1.32. The van der Waals surface area contributed by atoms with Crippen LogP contribution < -0.4 is 0 Å². The highest BCUT2D eigenvalue weighted by molar-refractivity contribution is 6.19. The van der Waals surface area contributed by atoms with Gasteiger partial charge in [-0.1, -0.05) is 17.7 Å². The lowest BCUT2D eigenvalue weighted by atomic mass is 10.2. The molecule has 0 N–H and O–H groups in total. The maximum absolute atomic E-state index is 5.58. The van der Waals surface area contributed by atoms with E-state index >= 15 is 0 Å². The van der Waals surface area contributed by atoms with Crippen molar-refractivity contribution in [2.45, 2.75) is 26.2 Å². The third-order valence-corrected chi connectivity index (χ3v) is 1.74.